The van der Waals surface area contributed by atoms with Crippen LogP contribution in [0, 0.1) is 5.41 Å². The molecule has 0 saturated carbocycles. The molecule has 1 fully saturated rings. The van der Waals surface area contributed by atoms with E-state index in [4.69, 9.17) is 14.5 Å². The number of piperidine rings is 1. The van der Waals surface area contributed by atoms with Crippen molar-refractivity contribution in [3.8, 4) is 0 Å². The maximum Gasteiger partial charge on any atom is 0.414 e. The zero-order valence-electron chi connectivity index (χ0n) is 19.8. The number of hydrogen-bond acceptors (Lipinski definition) is 6. The first-order valence-electron chi connectivity index (χ1n) is 12.4. The number of benzene rings is 1. The average Bonchev–Trinajstić information content (AvgIpc) is 3.31. The quantitative estimate of drug-likeness (QED) is 0.730. The van der Waals surface area contributed by atoms with Crippen LogP contribution >= 0.6 is 0 Å². The first-order valence-corrected chi connectivity index (χ1v) is 12.4. The van der Waals surface area contributed by atoms with Crippen LogP contribution in [0.2, 0.25) is 0 Å². The van der Waals surface area contributed by atoms with Gasteiger partial charge in [0.15, 0.2) is 0 Å². The van der Waals surface area contributed by atoms with E-state index >= 15 is 0 Å². The van der Waals surface area contributed by atoms with E-state index in [0.717, 1.165) is 55.7 Å². The summed E-state index contributed by atoms with van der Waals surface area (Å²) in [7, 11) is 0. The zero-order valence-corrected chi connectivity index (χ0v) is 19.8. The van der Waals surface area contributed by atoms with Gasteiger partial charge in [-0.3, -0.25) is 14.7 Å². The molecule has 6 rings (SSSR count). The predicted molar refractivity (Wildman–Crippen MR) is 131 cm³/mol. The highest BCUT2D eigenvalue weighted by molar-refractivity contribution is 5.72. The molecule has 4 heterocycles. The van der Waals surface area contributed by atoms with Crippen molar-refractivity contribution in [1.29, 1.82) is 0 Å². The van der Waals surface area contributed by atoms with E-state index in [0.29, 0.717) is 37.7 Å². The summed E-state index contributed by atoms with van der Waals surface area (Å²) < 4.78 is 11.0. The van der Waals surface area contributed by atoms with Gasteiger partial charge in [-0.25, -0.2) is 9.78 Å². The molecule has 0 radical (unpaired) electrons. The number of hydrogen-bond donors (Lipinski definition) is 1. The Hall–Kier alpha value is -3.39. The van der Waals surface area contributed by atoms with E-state index in [1.165, 1.54) is 5.57 Å². The molecule has 8 heteroatoms. The van der Waals surface area contributed by atoms with Gasteiger partial charge in [0.25, 0.3) is 5.56 Å². The van der Waals surface area contributed by atoms with E-state index in [2.05, 4.69) is 22.0 Å². The summed E-state index contributed by atoms with van der Waals surface area (Å²) in [6.07, 6.45) is 8.69. The average molecular weight is 475 g/mol. The van der Waals surface area contributed by atoms with Crippen LogP contribution < -0.4 is 10.5 Å². The second kappa shape index (κ2) is 9.00. The Morgan fingerprint density at radius 2 is 1.97 bits per heavy atom. The van der Waals surface area contributed by atoms with E-state index < -0.39 is 0 Å². The first-order chi connectivity index (χ1) is 17.1. The van der Waals surface area contributed by atoms with Crippen LogP contribution in [0.25, 0.3) is 0 Å². The summed E-state index contributed by atoms with van der Waals surface area (Å²) in [4.78, 5) is 37.0. The van der Waals surface area contributed by atoms with E-state index in [-0.39, 0.29) is 23.7 Å². The summed E-state index contributed by atoms with van der Waals surface area (Å²) in [5, 5.41) is 0. The Morgan fingerprint density at radius 1 is 1.14 bits per heavy atom. The van der Waals surface area contributed by atoms with Gasteiger partial charge in [-0.1, -0.05) is 36.4 Å². The smallest absolute Gasteiger partial charge is 0.414 e. The molecule has 1 amide bonds. The number of carbonyl (C=O) groups is 1. The van der Waals surface area contributed by atoms with Crippen LogP contribution in [0.1, 0.15) is 42.5 Å². The lowest BCUT2D eigenvalue weighted by Crippen LogP contribution is -2.42. The summed E-state index contributed by atoms with van der Waals surface area (Å²) in [5.41, 5.74) is 4.90. The highest BCUT2D eigenvalue weighted by atomic mass is 16.6. The van der Waals surface area contributed by atoms with Crippen LogP contribution in [-0.2, 0) is 29.1 Å². The lowest BCUT2D eigenvalue weighted by molar-refractivity contribution is 0.108. The third kappa shape index (κ3) is 4.27. The second-order valence-electron chi connectivity index (χ2n) is 9.91. The monoisotopic (exact) mass is 474 g/mol. The van der Waals surface area contributed by atoms with Crippen molar-refractivity contribution < 1.29 is 14.3 Å². The molecule has 2 aromatic rings. The van der Waals surface area contributed by atoms with Crippen LogP contribution in [0.4, 0.5) is 10.7 Å². The lowest BCUT2D eigenvalue weighted by atomic mass is 9.71. The SMILES string of the molecule is O=C(OCc1ccccc1)N1CCC2=C1C=CC1(CCN(c3nc4c(c(=O)[nH]3)COCC4)CC1)C2. The number of aromatic amines is 1. The Bertz CT molecular complexity index is 1240. The molecule has 0 bridgehead atoms. The minimum Gasteiger partial charge on any atom is -0.444 e. The van der Waals surface area contributed by atoms with Crippen LogP contribution in [-0.4, -0.2) is 47.2 Å². The van der Waals surface area contributed by atoms with Crippen LogP contribution in [0.5, 0.6) is 0 Å². The topological polar surface area (TPSA) is 87.8 Å². The Kier molecular flexibility index (Phi) is 5.68. The van der Waals surface area contributed by atoms with Crippen molar-refractivity contribution in [2.75, 3.05) is 31.1 Å². The van der Waals surface area contributed by atoms with Gasteiger partial charge in [-0.2, -0.15) is 0 Å². The maximum atomic E-state index is 12.8. The van der Waals surface area contributed by atoms with Gasteiger partial charge in [0.05, 0.1) is 24.5 Å². The number of fused-ring (bicyclic) bond motifs is 1. The molecular weight excluding hydrogens is 444 g/mol. The third-order valence-corrected chi connectivity index (χ3v) is 7.75. The molecule has 1 aromatic heterocycles. The number of nitrogens with zero attached hydrogens (tertiary/aromatic N) is 3. The van der Waals surface area contributed by atoms with E-state index in [1.54, 1.807) is 4.90 Å². The molecule has 8 nitrogen and oxygen atoms in total. The Balaban J connectivity index is 1.09. The van der Waals surface area contributed by atoms with Gasteiger partial charge in [0.2, 0.25) is 5.95 Å². The molecule has 1 aromatic carbocycles. The van der Waals surface area contributed by atoms with Gasteiger partial charge in [-0.15, -0.1) is 0 Å². The molecule has 4 aliphatic rings. The highest BCUT2D eigenvalue weighted by Crippen LogP contribution is 2.46. The fourth-order valence-corrected chi connectivity index (χ4v) is 5.69. The number of carbonyl (C=O) groups excluding carboxylic acids is 1. The van der Waals surface area contributed by atoms with Crippen molar-refractivity contribution in [1.82, 2.24) is 14.9 Å². The van der Waals surface area contributed by atoms with Crippen molar-refractivity contribution in [2.24, 2.45) is 5.41 Å². The van der Waals surface area contributed by atoms with Gasteiger partial charge in [0, 0.05) is 31.8 Å². The number of amides is 1. The van der Waals surface area contributed by atoms with Crippen molar-refractivity contribution in [3.05, 3.63) is 80.9 Å². The minimum atomic E-state index is -0.276. The molecular formula is C27H30N4O4. The molecule has 182 valence electrons. The first kappa shape index (κ1) is 22.1. The number of anilines is 1. The molecule has 1 saturated heterocycles. The highest BCUT2D eigenvalue weighted by Gasteiger charge is 2.40. The van der Waals surface area contributed by atoms with Gasteiger partial charge < -0.3 is 14.4 Å². The van der Waals surface area contributed by atoms with Crippen LogP contribution in [0.15, 0.2) is 58.5 Å². The molecule has 35 heavy (non-hydrogen) atoms. The number of nitrogens with one attached hydrogen (secondary N) is 1. The van der Waals surface area contributed by atoms with Crippen LogP contribution in [0.3, 0.4) is 0 Å². The molecule has 0 unspecified atom stereocenters. The number of H-pyrrole nitrogens is 1. The van der Waals surface area contributed by atoms with E-state index in [1.807, 2.05) is 30.3 Å². The largest absolute Gasteiger partial charge is 0.444 e. The fraction of sp³-hybridized carbons (Fsp3) is 0.444. The lowest BCUT2D eigenvalue weighted by Gasteiger charge is -2.42. The number of allylic oxidation sites excluding steroid dienone is 2. The van der Waals surface area contributed by atoms with Gasteiger partial charge >= 0.3 is 6.09 Å². The van der Waals surface area contributed by atoms with Crippen molar-refractivity contribution in [3.63, 3.8) is 0 Å². The summed E-state index contributed by atoms with van der Waals surface area (Å²) in [6.45, 7) is 3.61. The standard InChI is InChI=1S/C27H30N4O4/c32-24-21-18-34-15-8-22(21)28-25(29-24)30-13-10-27(11-14-30)9-6-23-20(16-27)7-12-31(23)26(33)35-17-19-4-2-1-3-5-19/h1-6,9H,7-8,10-18H2,(H,28,29,32). The second-order valence-corrected chi connectivity index (χ2v) is 9.91. The van der Waals surface area contributed by atoms with Gasteiger partial charge in [-0.05, 0) is 48.3 Å². The van der Waals surface area contributed by atoms with Crippen molar-refractivity contribution >= 4 is 12.0 Å². The molecule has 1 spiro atoms. The minimum absolute atomic E-state index is 0.0810. The Morgan fingerprint density at radius 3 is 2.80 bits per heavy atom. The molecule has 1 aliphatic carbocycles. The third-order valence-electron chi connectivity index (χ3n) is 7.75. The predicted octanol–water partition coefficient (Wildman–Crippen LogP) is 3.69. The Labute approximate surface area is 204 Å². The summed E-state index contributed by atoms with van der Waals surface area (Å²) in [6, 6.07) is 9.77. The summed E-state index contributed by atoms with van der Waals surface area (Å²) >= 11 is 0. The fourth-order valence-electron chi connectivity index (χ4n) is 5.69. The number of aromatic nitrogens is 2. The molecule has 0 atom stereocenters. The molecule has 1 N–H and O–H groups in total. The molecule has 3 aliphatic heterocycles. The van der Waals surface area contributed by atoms with Crippen molar-refractivity contribution in [2.45, 2.75) is 45.3 Å². The number of rotatable bonds is 3. The number of ether oxygens (including phenoxy) is 2. The maximum absolute atomic E-state index is 12.8. The van der Waals surface area contributed by atoms with E-state index in [9.17, 15) is 9.59 Å². The zero-order chi connectivity index (χ0) is 23.8. The van der Waals surface area contributed by atoms with Gasteiger partial charge in [0.1, 0.15) is 6.61 Å². The summed E-state index contributed by atoms with van der Waals surface area (Å²) in [5.74, 6) is 0.679. The normalized spacial score (nSPS) is 20.7.